The number of hydrogen-bond donors (Lipinski definition) is 1. The van der Waals surface area contributed by atoms with Crippen molar-refractivity contribution >= 4 is 5.97 Å². The number of aryl methyl sites for hydroxylation is 3. The van der Waals surface area contributed by atoms with E-state index in [1.165, 1.54) is 0 Å². The van der Waals surface area contributed by atoms with E-state index in [-0.39, 0.29) is 5.69 Å². The maximum atomic E-state index is 11.3. The highest BCUT2D eigenvalue weighted by molar-refractivity contribution is 5.90. The van der Waals surface area contributed by atoms with Gasteiger partial charge in [0.25, 0.3) is 0 Å². The molecule has 104 valence electrons. The molecule has 0 amide bonds. The van der Waals surface area contributed by atoms with Crippen LogP contribution in [-0.4, -0.2) is 27.5 Å². The van der Waals surface area contributed by atoms with Crippen molar-refractivity contribution in [2.45, 2.75) is 20.3 Å². The number of carboxylic acids is 1. The molecule has 0 bridgehead atoms. The SMILES string of the molecule is Cc1cc(C)c2c(c1)-c1c(c(C(=O)O)nn1C)CCO2. The number of carbonyl (C=O) groups is 1. The van der Waals surface area contributed by atoms with E-state index < -0.39 is 5.97 Å². The maximum Gasteiger partial charge on any atom is 0.356 e. The van der Waals surface area contributed by atoms with Crippen molar-refractivity contribution < 1.29 is 14.6 Å². The van der Waals surface area contributed by atoms with Crippen molar-refractivity contribution in [2.24, 2.45) is 7.05 Å². The number of carboxylic acid groups (broad SMARTS) is 1. The van der Waals surface area contributed by atoms with Gasteiger partial charge in [-0.15, -0.1) is 0 Å². The van der Waals surface area contributed by atoms with E-state index in [0.29, 0.717) is 13.0 Å². The Morgan fingerprint density at radius 2 is 2.15 bits per heavy atom. The molecule has 0 saturated carbocycles. The average Bonchev–Trinajstić information content (AvgIpc) is 2.57. The Bertz CT molecular complexity index is 716. The van der Waals surface area contributed by atoms with Crippen molar-refractivity contribution in [1.82, 2.24) is 9.78 Å². The van der Waals surface area contributed by atoms with E-state index in [0.717, 1.165) is 33.7 Å². The van der Waals surface area contributed by atoms with Crippen molar-refractivity contribution in [1.29, 1.82) is 0 Å². The molecule has 3 rings (SSSR count). The highest BCUT2D eigenvalue weighted by Gasteiger charge is 2.27. The standard InChI is InChI=1S/C15H16N2O3/c1-8-6-9(2)14-11(7-8)13-10(4-5-20-14)12(15(18)19)16-17(13)3/h6-7H,4-5H2,1-3H3,(H,18,19). The van der Waals surface area contributed by atoms with E-state index in [9.17, 15) is 9.90 Å². The molecule has 2 heterocycles. The van der Waals surface area contributed by atoms with Gasteiger partial charge in [-0.05, 0) is 31.0 Å². The van der Waals surface area contributed by atoms with Gasteiger partial charge in [0.15, 0.2) is 5.69 Å². The summed E-state index contributed by atoms with van der Waals surface area (Å²) < 4.78 is 7.47. The summed E-state index contributed by atoms with van der Waals surface area (Å²) in [4.78, 5) is 11.3. The molecule has 1 aliphatic rings. The Labute approximate surface area is 116 Å². The lowest BCUT2D eigenvalue weighted by atomic mass is 9.99. The summed E-state index contributed by atoms with van der Waals surface area (Å²) in [5, 5.41) is 13.4. The smallest absolute Gasteiger partial charge is 0.356 e. The number of fused-ring (bicyclic) bond motifs is 3. The monoisotopic (exact) mass is 272 g/mol. The number of ether oxygens (including phenoxy) is 1. The molecule has 2 aromatic rings. The minimum atomic E-state index is -0.991. The molecular weight excluding hydrogens is 256 g/mol. The summed E-state index contributed by atoms with van der Waals surface area (Å²) in [5.74, 6) is -0.163. The van der Waals surface area contributed by atoms with Gasteiger partial charge in [-0.1, -0.05) is 6.07 Å². The second-order valence-corrected chi connectivity index (χ2v) is 5.16. The van der Waals surface area contributed by atoms with Crippen LogP contribution in [0.25, 0.3) is 11.3 Å². The molecule has 5 heteroatoms. The Morgan fingerprint density at radius 3 is 2.85 bits per heavy atom. The average molecular weight is 272 g/mol. The van der Waals surface area contributed by atoms with Gasteiger partial charge in [0.05, 0.1) is 12.3 Å². The van der Waals surface area contributed by atoms with Crippen LogP contribution in [0.15, 0.2) is 12.1 Å². The molecule has 0 atom stereocenters. The predicted molar refractivity (Wildman–Crippen MR) is 74.3 cm³/mol. The first-order valence-corrected chi connectivity index (χ1v) is 6.52. The van der Waals surface area contributed by atoms with Crippen LogP contribution in [0.5, 0.6) is 5.75 Å². The van der Waals surface area contributed by atoms with Gasteiger partial charge < -0.3 is 9.84 Å². The Morgan fingerprint density at radius 1 is 1.40 bits per heavy atom. The fourth-order valence-electron chi connectivity index (χ4n) is 2.89. The second-order valence-electron chi connectivity index (χ2n) is 5.16. The summed E-state index contributed by atoms with van der Waals surface area (Å²) in [6, 6.07) is 4.10. The molecule has 20 heavy (non-hydrogen) atoms. The number of aromatic carboxylic acids is 1. The van der Waals surface area contributed by atoms with Gasteiger partial charge in [0.1, 0.15) is 5.75 Å². The molecule has 1 aliphatic heterocycles. The third-order valence-electron chi connectivity index (χ3n) is 3.62. The lowest BCUT2D eigenvalue weighted by Crippen LogP contribution is -2.06. The van der Waals surface area contributed by atoms with Crippen LogP contribution in [0.1, 0.15) is 27.2 Å². The van der Waals surface area contributed by atoms with Crippen LogP contribution in [0.3, 0.4) is 0 Å². The third-order valence-corrected chi connectivity index (χ3v) is 3.62. The number of benzene rings is 1. The fraction of sp³-hybridized carbons (Fsp3) is 0.333. The van der Waals surface area contributed by atoms with Crippen molar-refractivity contribution in [3.05, 3.63) is 34.5 Å². The Kier molecular flexibility index (Phi) is 2.78. The van der Waals surface area contributed by atoms with E-state index in [4.69, 9.17) is 4.74 Å². The highest BCUT2D eigenvalue weighted by atomic mass is 16.5. The molecule has 0 spiro atoms. The normalized spacial score (nSPS) is 13.2. The van der Waals surface area contributed by atoms with Crippen molar-refractivity contribution in [2.75, 3.05) is 6.61 Å². The largest absolute Gasteiger partial charge is 0.492 e. The first-order valence-electron chi connectivity index (χ1n) is 6.52. The van der Waals surface area contributed by atoms with E-state index in [1.807, 2.05) is 19.9 Å². The van der Waals surface area contributed by atoms with Crippen LogP contribution < -0.4 is 4.74 Å². The Hall–Kier alpha value is -2.30. The number of hydrogen-bond acceptors (Lipinski definition) is 3. The minimum Gasteiger partial charge on any atom is -0.492 e. The molecule has 0 saturated heterocycles. The predicted octanol–water partition coefficient (Wildman–Crippen LogP) is 2.34. The summed E-state index contributed by atoms with van der Waals surface area (Å²) >= 11 is 0. The Balaban J connectivity index is 2.35. The molecule has 1 aromatic heterocycles. The fourth-order valence-corrected chi connectivity index (χ4v) is 2.89. The van der Waals surface area contributed by atoms with E-state index in [1.54, 1.807) is 11.7 Å². The quantitative estimate of drug-likeness (QED) is 0.865. The molecule has 0 radical (unpaired) electrons. The number of aromatic nitrogens is 2. The van der Waals surface area contributed by atoms with Crippen LogP contribution in [-0.2, 0) is 13.5 Å². The van der Waals surface area contributed by atoms with Gasteiger partial charge in [-0.3, -0.25) is 4.68 Å². The summed E-state index contributed by atoms with van der Waals surface area (Å²) in [6.07, 6.45) is 0.554. The van der Waals surface area contributed by atoms with Gasteiger partial charge >= 0.3 is 5.97 Å². The highest BCUT2D eigenvalue weighted by Crippen LogP contribution is 2.39. The van der Waals surface area contributed by atoms with Crippen molar-refractivity contribution in [3.63, 3.8) is 0 Å². The zero-order valence-electron chi connectivity index (χ0n) is 11.7. The zero-order chi connectivity index (χ0) is 14.4. The second kappa shape index (κ2) is 4.37. The third kappa shape index (κ3) is 1.78. The first kappa shape index (κ1) is 12.7. The molecule has 0 unspecified atom stereocenters. The van der Waals surface area contributed by atoms with Crippen LogP contribution in [0, 0.1) is 13.8 Å². The van der Waals surface area contributed by atoms with E-state index in [2.05, 4.69) is 11.2 Å². The molecular formula is C15H16N2O3. The van der Waals surface area contributed by atoms with Gasteiger partial charge in [0, 0.05) is 24.6 Å². The number of rotatable bonds is 1. The molecule has 1 N–H and O–H groups in total. The summed E-state index contributed by atoms with van der Waals surface area (Å²) in [6.45, 7) is 4.49. The molecule has 5 nitrogen and oxygen atoms in total. The van der Waals surface area contributed by atoms with E-state index >= 15 is 0 Å². The molecule has 0 aliphatic carbocycles. The van der Waals surface area contributed by atoms with Crippen molar-refractivity contribution in [3.8, 4) is 17.0 Å². The molecule has 0 fully saturated rings. The molecule has 1 aromatic carbocycles. The van der Waals surface area contributed by atoms with Gasteiger partial charge in [0.2, 0.25) is 0 Å². The van der Waals surface area contributed by atoms with Gasteiger partial charge in [-0.2, -0.15) is 5.10 Å². The van der Waals surface area contributed by atoms with Crippen LogP contribution >= 0.6 is 0 Å². The lowest BCUT2D eigenvalue weighted by molar-refractivity contribution is 0.0688. The van der Waals surface area contributed by atoms with Crippen LogP contribution in [0.4, 0.5) is 0 Å². The lowest BCUT2D eigenvalue weighted by Gasteiger charge is -2.12. The van der Waals surface area contributed by atoms with Gasteiger partial charge in [-0.25, -0.2) is 4.79 Å². The minimum absolute atomic E-state index is 0.123. The topological polar surface area (TPSA) is 64.3 Å². The number of nitrogens with zero attached hydrogens (tertiary/aromatic N) is 2. The first-order chi connectivity index (χ1) is 9.49. The zero-order valence-corrected chi connectivity index (χ0v) is 11.7. The maximum absolute atomic E-state index is 11.3. The summed E-state index contributed by atoms with van der Waals surface area (Å²) in [7, 11) is 1.78. The van der Waals surface area contributed by atoms with Crippen LogP contribution in [0.2, 0.25) is 0 Å². The summed E-state index contributed by atoms with van der Waals surface area (Å²) in [5.41, 5.74) is 4.84.